The zero-order valence-corrected chi connectivity index (χ0v) is 12.6. The molecular weight excluding hydrogens is 264 g/mol. The Balaban J connectivity index is 2.29. The molecule has 0 bridgehead atoms. The lowest BCUT2D eigenvalue weighted by Gasteiger charge is -2.34. The summed E-state index contributed by atoms with van der Waals surface area (Å²) in [6, 6.07) is 0.232. The van der Waals surface area contributed by atoms with Gasteiger partial charge in [-0.15, -0.1) is 0 Å². The van der Waals surface area contributed by atoms with Crippen molar-refractivity contribution in [3.8, 4) is 0 Å². The lowest BCUT2D eigenvalue weighted by Crippen LogP contribution is -2.49. The first-order valence-electron chi connectivity index (χ1n) is 6.57. The molecule has 0 spiro atoms. The molecule has 1 aliphatic rings. The van der Waals surface area contributed by atoms with E-state index in [2.05, 4.69) is 34.4 Å². The number of aromatic nitrogens is 2. The molecule has 1 saturated heterocycles. The molecule has 6 nitrogen and oxygen atoms in total. The maximum absolute atomic E-state index is 6.25. The Morgan fingerprint density at radius 1 is 1.42 bits per heavy atom. The van der Waals surface area contributed by atoms with E-state index in [9.17, 15) is 0 Å². The third-order valence-corrected chi connectivity index (χ3v) is 4.20. The Kier molecular flexibility index (Phi) is 4.81. The summed E-state index contributed by atoms with van der Waals surface area (Å²) in [7, 11) is 6.18. The van der Waals surface area contributed by atoms with Crippen LogP contribution in [0.5, 0.6) is 0 Å². The molecule has 19 heavy (non-hydrogen) atoms. The predicted molar refractivity (Wildman–Crippen MR) is 76.8 cm³/mol. The fourth-order valence-electron chi connectivity index (χ4n) is 2.81. The normalized spacial score (nSPS) is 24.4. The molecule has 0 amide bonds. The summed E-state index contributed by atoms with van der Waals surface area (Å²) >= 11 is 6.25. The first-order chi connectivity index (χ1) is 9.04. The number of rotatable bonds is 3. The summed E-state index contributed by atoms with van der Waals surface area (Å²) in [5, 5.41) is 4.86. The highest BCUT2D eigenvalue weighted by atomic mass is 35.5. The van der Waals surface area contributed by atoms with Gasteiger partial charge in [0, 0.05) is 19.6 Å². The van der Waals surface area contributed by atoms with Crippen molar-refractivity contribution in [2.45, 2.75) is 18.5 Å². The summed E-state index contributed by atoms with van der Waals surface area (Å²) in [5.74, 6) is 5.80. The van der Waals surface area contributed by atoms with Gasteiger partial charge in [-0.25, -0.2) is 5.43 Å². The van der Waals surface area contributed by atoms with Crippen LogP contribution in [-0.4, -0.2) is 59.4 Å². The molecule has 1 aromatic rings. The van der Waals surface area contributed by atoms with Crippen LogP contribution < -0.4 is 11.3 Å². The van der Waals surface area contributed by atoms with E-state index in [0.29, 0.717) is 5.02 Å². The van der Waals surface area contributed by atoms with Gasteiger partial charge in [-0.1, -0.05) is 11.6 Å². The van der Waals surface area contributed by atoms with Gasteiger partial charge in [-0.2, -0.15) is 5.10 Å². The Hall–Kier alpha value is -0.660. The largest absolute Gasteiger partial charge is 0.305 e. The highest BCUT2D eigenvalue weighted by molar-refractivity contribution is 6.31. The number of hydrazine groups is 1. The molecule has 1 fully saturated rings. The number of halogens is 1. The number of nitrogens with one attached hydrogen (secondary N) is 1. The third-order valence-electron chi connectivity index (χ3n) is 3.91. The molecule has 2 atom stereocenters. The SMILES string of the molecule is CN1CCCN(C)C(C(NN)c2c(Cl)cnn2C)C1. The lowest BCUT2D eigenvalue weighted by atomic mass is 10.0. The van der Waals surface area contributed by atoms with E-state index < -0.39 is 0 Å². The fraction of sp³-hybridized carbons (Fsp3) is 0.750. The summed E-state index contributed by atoms with van der Waals surface area (Å²) in [6.07, 6.45) is 2.83. The second-order valence-corrected chi connectivity index (χ2v) is 5.72. The summed E-state index contributed by atoms with van der Waals surface area (Å²) in [6.45, 7) is 3.12. The van der Waals surface area contributed by atoms with E-state index >= 15 is 0 Å². The number of nitrogens with two attached hydrogens (primary N) is 1. The Labute approximate surface area is 119 Å². The highest BCUT2D eigenvalue weighted by Gasteiger charge is 2.32. The van der Waals surface area contributed by atoms with Crippen molar-refractivity contribution in [3.05, 3.63) is 16.9 Å². The molecule has 2 unspecified atom stereocenters. The van der Waals surface area contributed by atoms with Gasteiger partial charge in [-0.05, 0) is 33.6 Å². The fourth-order valence-corrected chi connectivity index (χ4v) is 3.09. The minimum atomic E-state index is -0.0365. The smallest absolute Gasteiger partial charge is 0.0835 e. The third kappa shape index (κ3) is 3.09. The van der Waals surface area contributed by atoms with E-state index in [1.54, 1.807) is 10.9 Å². The molecule has 7 heteroatoms. The van der Waals surface area contributed by atoms with Crippen LogP contribution >= 0.6 is 11.6 Å². The van der Waals surface area contributed by atoms with Gasteiger partial charge in [-0.3, -0.25) is 10.5 Å². The maximum Gasteiger partial charge on any atom is 0.0835 e. The van der Waals surface area contributed by atoms with Crippen LogP contribution in [0.25, 0.3) is 0 Å². The second kappa shape index (κ2) is 6.19. The monoisotopic (exact) mass is 286 g/mol. The topological polar surface area (TPSA) is 62.4 Å². The summed E-state index contributed by atoms with van der Waals surface area (Å²) < 4.78 is 1.80. The van der Waals surface area contributed by atoms with Crippen molar-refractivity contribution < 1.29 is 0 Å². The van der Waals surface area contributed by atoms with Gasteiger partial charge in [0.2, 0.25) is 0 Å². The first-order valence-corrected chi connectivity index (χ1v) is 6.94. The number of hydrogen-bond acceptors (Lipinski definition) is 5. The molecule has 0 aliphatic carbocycles. The zero-order chi connectivity index (χ0) is 14.0. The van der Waals surface area contributed by atoms with Gasteiger partial charge in [0.25, 0.3) is 0 Å². The van der Waals surface area contributed by atoms with Crippen LogP contribution in [0.4, 0.5) is 0 Å². The van der Waals surface area contributed by atoms with Gasteiger partial charge in [0.05, 0.1) is 23.0 Å². The molecule has 2 heterocycles. The minimum absolute atomic E-state index is 0.0365. The molecular formula is C12H23ClN6. The molecule has 0 aromatic carbocycles. The average Bonchev–Trinajstić information content (AvgIpc) is 2.60. The second-order valence-electron chi connectivity index (χ2n) is 5.31. The Morgan fingerprint density at radius 2 is 2.16 bits per heavy atom. The average molecular weight is 287 g/mol. The molecule has 108 valence electrons. The number of nitrogens with zero attached hydrogens (tertiary/aromatic N) is 4. The maximum atomic E-state index is 6.25. The van der Waals surface area contributed by atoms with Crippen LogP contribution in [-0.2, 0) is 7.05 Å². The number of hydrogen-bond donors (Lipinski definition) is 2. The van der Waals surface area contributed by atoms with Crippen molar-refractivity contribution >= 4 is 11.6 Å². The zero-order valence-electron chi connectivity index (χ0n) is 11.8. The van der Waals surface area contributed by atoms with Crippen molar-refractivity contribution in [1.82, 2.24) is 25.0 Å². The van der Waals surface area contributed by atoms with E-state index in [4.69, 9.17) is 17.4 Å². The minimum Gasteiger partial charge on any atom is -0.305 e. The Bertz CT molecular complexity index is 401. The summed E-state index contributed by atoms with van der Waals surface area (Å²) in [4.78, 5) is 4.68. The van der Waals surface area contributed by atoms with E-state index in [1.807, 2.05) is 7.05 Å². The van der Waals surface area contributed by atoms with Crippen molar-refractivity contribution in [3.63, 3.8) is 0 Å². The number of aryl methyl sites for hydroxylation is 1. The molecule has 1 aromatic heterocycles. The van der Waals surface area contributed by atoms with Crippen LogP contribution in [0.2, 0.25) is 5.02 Å². The lowest BCUT2D eigenvalue weighted by molar-refractivity contribution is 0.174. The highest BCUT2D eigenvalue weighted by Crippen LogP contribution is 2.27. The number of likely N-dealkylation sites (N-methyl/N-ethyl adjacent to an activating group) is 2. The molecule has 2 rings (SSSR count). The molecule has 0 radical (unpaired) electrons. The van der Waals surface area contributed by atoms with Crippen molar-refractivity contribution in [1.29, 1.82) is 0 Å². The predicted octanol–water partition coefficient (Wildman–Crippen LogP) is 0.214. The summed E-state index contributed by atoms with van der Waals surface area (Å²) in [5.41, 5.74) is 3.86. The standard InChI is InChI=1S/C12H23ClN6/c1-17-5-4-6-18(2)10(8-17)11(16-14)12-9(13)7-15-19(12)3/h7,10-11,16H,4-6,8,14H2,1-3H3. The van der Waals surface area contributed by atoms with Gasteiger partial charge in [0.1, 0.15) is 0 Å². The van der Waals surface area contributed by atoms with Crippen LogP contribution in [0.3, 0.4) is 0 Å². The quantitative estimate of drug-likeness (QED) is 0.615. The first kappa shape index (κ1) is 14.7. The molecule has 3 N–H and O–H groups in total. The molecule has 0 saturated carbocycles. The molecule has 1 aliphatic heterocycles. The van der Waals surface area contributed by atoms with Gasteiger partial charge in [0.15, 0.2) is 0 Å². The van der Waals surface area contributed by atoms with Gasteiger partial charge >= 0.3 is 0 Å². The van der Waals surface area contributed by atoms with Crippen molar-refractivity contribution in [2.75, 3.05) is 33.7 Å². The van der Waals surface area contributed by atoms with E-state index in [0.717, 1.165) is 25.3 Å². The van der Waals surface area contributed by atoms with E-state index in [-0.39, 0.29) is 12.1 Å². The Morgan fingerprint density at radius 3 is 2.74 bits per heavy atom. The van der Waals surface area contributed by atoms with Crippen LogP contribution in [0.1, 0.15) is 18.2 Å². The van der Waals surface area contributed by atoms with Crippen molar-refractivity contribution in [2.24, 2.45) is 12.9 Å². The van der Waals surface area contributed by atoms with Crippen LogP contribution in [0, 0.1) is 0 Å². The van der Waals surface area contributed by atoms with Crippen LogP contribution in [0.15, 0.2) is 6.20 Å². The van der Waals surface area contributed by atoms with E-state index in [1.165, 1.54) is 6.42 Å². The van der Waals surface area contributed by atoms with Gasteiger partial charge < -0.3 is 9.80 Å².